The van der Waals surface area contributed by atoms with E-state index in [-0.39, 0.29) is 17.7 Å². The van der Waals surface area contributed by atoms with Crippen molar-refractivity contribution in [3.8, 4) is 11.5 Å². The molecule has 0 aliphatic carbocycles. The molecule has 1 atom stereocenters. The zero-order chi connectivity index (χ0) is 14.5. The smallest absolute Gasteiger partial charge is 0.277 e. The largest absolute Gasteiger partial charge is 0.469 e. The van der Waals surface area contributed by atoms with E-state index in [4.69, 9.17) is 8.83 Å². The van der Waals surface area contributed by atoms with Crippen molar-refractivity contribution in [1.29, 1.82) is 0 Å². The molecule has 108 valence electrons. The average molecular weight is 295 g/mol. The molecule has 0 bridgehead atoms. The Kier molecular flexibility index (Phi) is 4.84. The maximum absolute atomic E-state index is 11.6. The summed E-state index contributed by atoms with van der Waals surface area (Å²) in [6.45, 7) is 5.82. The molecule has 2 rings (SSSR count). The van der Waals surface area contributed by atoms with Crippen LogP contribution < -0.4 is 5.32 Å². The molecule has 7 heteroatoms. The van der Waals surface area contributed by atoms with Gasteiger partial charge in [0.1, 0.15) is 5.76 Å². The van der Waals surface area contributed by atoms with Crippen molar-refractivity contribution in [1.82, 2.24) is 15.5 Å². The van der Waals surface area contributed by atoms with Crippen molar-refractivity contribution >= 4 is 17.7 Å². The highest BCUT2D eigenvalue weighted by molar-refractivity contribution is 7.99. The van der Waals surface area contributed by atoms with E-state index in [9.17, 15) is 4.79 Å². The highest BCUT2D eigenvalue weighted by Crippen LogP contribution is 2.26. The number of rotatable bonds is 6. The number of nitrogens with one attached hydrogen (secondary N) is 1. The third-order valence-corrected chi connectivity index (χ3v) is 3.66. The highest BCUT2D eigenvalue weighted by atomic mass is 32.2. The number of aryl methyl sites for hydroxylation is 1. The second-order valence-corrected chi connectivity index (χ2v) is 5.36. The molecule has 2 heterocycles. The first-order chi connectivity index (χ1) is 9.60. The van der Waals surface area contributed by atoms with Gasteiger partial charge in [-0.3, -0.25) is 4.79 Å². The van der Waals surface area contributed by atoms with E-state index < -0.39 is 0 Å². The third-order valence-electron chi connectivity index (χ3n) is 2.84. The van der Waals surface area contributed by atoms with Gasteiger partial charge in [0.05, 0.1) is 17.6 Å². The van der Waals surface area contributed by atoms with E-state index in [0.29, 0.717) is 11.1 Å². The molecule has 1 unspecified atom stereocenters. The topological polar surface area (TPSA) is 81.2 Å². The lowest BCUT2D eigenvalue weighted by Gasteiger charge is -2.09. The van der Waals surface area contributed by atoms with Gasteiger partial charge in [-0.25, -0.2) is 0 Å². The number of amides is 1. The number of carbonyl (C=O) groups is 1. The summed E-state index contributed by atoms with van der Waals surface area (Å²) in [4.78, 5) is 11.6. The molecule has 0 saturated carbocycles. The van der Waals surface area contributed by atoms with Crippen LogP contribution in [0.2, 0.25) is 0 Å². The van der Waals surface area contributed by atoms with Gasteiger partial charge in [0, 0.05) is 6.04 Å². The quantitative estimate of drug-likeness (QED) is 0.825. The Hall–Kier alpha value is -1.76. The van der Waals surface area contributed by atoms with Gasteiger partial charge in [0.25, 0.3) is 11.1 Å². The van der Waals surface area contributed by atoms with Gasteiger partial charge >= 0.3 is 0 Å². The summed E-state index contributed by atoms with van der Waals surface area (Å²) in [5, 5.41) is 11.1. The summed E-state index contributed by atoms with van der Waals surface area (Å²) in [5.41, 5.74) is 0.772. The summed E-state index contributed by atoms with van der Waals surface area (Å²) in [6, 6.07) is 1.95. The first-order valence-corrected chi connectivity index (χ1v) is 7.38. The van der Waals surface area contributed by atoms with Crippen LogP contribution in [-0.4, -0.2) is 27.9 Å². The minimum atomic E-state index is -0.0383. The van der Waals surface area contributed by atoms with Crippen LogP contribution in [0.4, 0.5) is 0 Å². The Morgan fingerprint density at radius 3 is 2.95 bits per heavy atom. The van der Waals surface area contributed by atoms with Crippen LogP contribution in [0.25, 0.3) is 11.5 Å². The Balaban J connectivity index is 1.91. The Morgan fingerprint density at radius 2 is 2.30 bits per heavy atom. The van der Waals surface area contributed by atoms with Crippen LogP contribution in [0, 0.1) is 6.92 Å². The molecule has 1 N–H and O–H groups in total. The van der Waals surface area contributed by atoms with E-state index in [0.717, 1.165) is 17.7 Å². The van der Waals surface area contributed by atoms with E-state index in [1.165, 1.54) is 11.8 Å². The summed E-state index contributed by atoms with van der Waals surface area (Å²) in [6.07, 6.45) is 2.47. The van der Waals surface area contributed by atoms with Gasteiger partial charge in [0.2, 0.25) is 5.91 Å². The van der Waals surface area contributed by atoms with Crippen LogP contribution in [0.1, 0.15) is 26.0 Å². The standard InChI is InChI=1S/C13H17N3O3S/c1-4-8(2)14-11(17)7-20-13-16-15-12(19-13)10-5-6-18-9(10)3/h5-6,8H,4,7H2,1-3H3,(H,14,17). The molecule has 0 saturated heterocycles. The van der Waals surface area contributed by atoms with Crippen LogP contribution in [-0.2, 0) is 4.79 Å². The Bertz CT molecular complexity index is 579. The summed E-state index contributed by atoms with van der Waals surface area (Å²) >= 11 is 1.22. The summed E-state index contributed by atoms with van der Waals surface area (Å²) < 4.78 is 10.7. The highest BCUT2D eigenvalue weighted by Gasteiger charge is 2.14. The maximum atomic E-state index is 11.6. The fraction of sp³-hybridized carbons (Fsp3) is 0.462. The van der Waals surface area contributed by atoms with E-state index >= 15 is 0 Å². The van der Waals surface area contributed by atoms with Crippen LogP contribution in [0.5, 0.6) is 0 Å². The van der Waals surface area contributed by atoms with Crippen molar-refractivity contribution in [2.75, 3.05) is 5.75 Å². The van der Waals surface area contributed by atoms with Crippen molar-refractivity contribution in [3.05, 3.63) is 18.1 Å². The average Bonchev–Trinajstić information content (AvgIpc) is 3.04. The minimum Gasteiger partial charge on any atom is -0.469 e. The van der Waals surface area contributed by atoms with Crippen molar-refractivity contribution in [2.24, 2.45) is 0 Å². The van der Waals surface area contributed by atoms with Gasteiger partial charge in [-0.15, -0.1) is 10.2 Å². The lowest BCUT2D eigenvalue weighted by molar-refractivity contribution is -0.119. The number of aromatic nitrogens is 2. The maximum Gasteiger partial charge on any atom is 0.277 e. The first-order valence-electron chi connectivity index (χ1n) is 6.40. The Labute approximate surface area is 121 Å². The van der Waals surface area contributed by atoms with Gasteiger partial charge < -0.3 is 14.2 Å². The van der Waals surface area contributed by atoms with Crippen LogP contribution in [0.3, 0.4) is 0 Å². The molecule has 0 radical (unpaired) electrons. The molecule has 6 nitrogen and oxygen atoms in total. The zero-order valence-corrected chi connectivity index (χ0v) is 12.5. The van der Waals surface area contributed by atoms with Crippen molar-refractivity contribution in [2.45, 2.75) is 38.5 Å². The molecular formula is C13H17N3O3S. The van der Waals surface area contributed by atoms with Gasteiger partial charge in [0.15, 0.2) is 0 Å². The number of thioether (sulfide) groups is 1. The number of furan rings is 1. The molecule has 0 aliphatic heterocycles. The number of hydrogen-bond donors (Lipinski definition) is 1. The predicted molar refractivity (Wildman–Crippen MR) is 75.4 cm³/mol. The minimum absolute atomic E-state index is 0.0383. The van der Waals surface area contributed by atoms with Crippen LogP contribution in [0.15, 0.2) is 26.4 Å². The van der Waals surface area contributed by atoms with E-state index in [1.54, 1.807) is 12.3 Å². The zero-order valence-electron chi connectivity index (χ0n) is 11.7. The van der Waals surface area contributed by atoms with E-state index in [2.05, 4.69) is 15.5 Å². The predicted octanol–water partition coefficient (Wildman–Crippen LogP) is 2.64. The molecular weight excluding hydrogens is 278 g/mol. The fourth-order valence-electron chi connectivity index (χ4n) is 1.53. The first kappa shape index (κ1) is 14.6. The molecule has 1 amide bonds. The molecule has 0 aromatic carbocycles. The van der Waals surface area contributed by atoms with Gasteiger partial charge in [-0.1, -0.05) is 18.7 Å². The Morgan fingerprint density at radius 1 is 1.50 bits per heavy atom. The second kappa shape index (κ2) is 6.60. The lowest BCUT2D eigenvalue weighted by Crippen LogP contribution is -2.33. The fourth-order valence-corrected chi connectivity index (χ4v) is 2.10. The molecule has 0 fully saturated rings. The molecule has 0 aliphatic rings. The van der Waals surface area contributed by atoms with Crippen LogP contribution >= 0.6 is 11.8 Å². The van der Waals surface area contributed by atoms with Crippen molar-refractivity contribution < 1.29 is 13.6 Å². The summed E-state index contributed by atoms with van der Waals surface area (Å²) in [7, 11) is 0. The molecule has 20 heavy (non-hydrogen) atoms. The second-order valence-electron chi connectivity index (χ2n) is 4.43. The number of carbonyl (C=O) groups excluding carboxylic acids is 1. The van der Waals surface area contributed by atoms with Gasteiger partial charge in [-0.2, -0.15) is 0 Å². The summed E-state index contributed by atoms with van der Waals surface area (Å²) in [5.74, 6) is 1.35. The third kappa shape index (κ3) is 3.63. The monoisotopic (exact) mass is 295 g/mol. The lowest BCUT2D eigenvalue weighted by atomic mass is 10.3. The van der Waals surface area contributed by atoms with Crippen molar-refractivity contribution in [3.63, 3.8) is 0 Å². The number of hydrogen-bond acceptors (Lipinski definition) is 6. The van der Waals surface area contributed by atoms with E-state index in [1.807, 2.05) is 20.8 Å². The molecule has 2 aromatic heterocycles. The number of nitrogens with zero attached hydrogens (tertiary/aromatic N) is 2. The SMILES string of the molecule is CCC(C)NC(=O)CSc1nnc(-c2ccoc2C)o1. The normalized spacial score (nSPS) is 12.3. The molecule has 0 spiro atoms. The molecule has 2 aromatic rings. The van der Waals surface area contributed by atoms with Gasteiger partial charge in [-0.05, 0) is 26.3 Å².